The van der Waals surface area contributed by atoms with E-state index in [9.17, 15) is 10.1 Å². The van der Waals surface area contributed by atoms with Crippen LogP contribution in [0, 0.1) is 10.1 Å². The Kier molecular flexibility index (Phi) is 4.28. The number of hydrogen-bond acceptors (Lipinski definition) is 4. The third-order valence-electron chi connectivity index (χ3n) is 3.98. The molecule has 24 heavy (non-hydrogen) atoms. The fraction of sp³-hybridized carbons (Fsp3) is 0.118. The number of nitrogens with zero attached hydrogens (tertiary/aromatic N) is 2. The summed E-state index contributed by atoms with van der Waals surface area (Å²) in [6.07, 6.45) is 2.68. The van der Waals surface area contributed by atoms with Gasteiger partial charge in [0.25, 0.3) is 5.69 Å². The number of nitrogens with one attached hydrogen (secondary N) is 1. The van der Waals surface area contributed by atoms with E-state index < -0.39 is 4.92 Å². The molecule has 0 aliphatic carbocycles. The Balaban J connectivity index is 1.99. The van der Waals surface area contributed by atoms with Crippen molar-refractivity contribution in [1.29, 1.82) is 0 Å². The smallest absolute Gasteiger partial charge is 0.269 e. The first-order valence-corrected chi connectivity index (χ1v) is 7.66. The van der Waals surface area contributed by atoms with Crippen molar-refractivity contribution in [3.63, 3.8) is 0 Å². The number of aromatic nitrogens is 1. The molecule has 1 aromatic heterocycles. The van der Waals surface area contributed by atoms with Crippen LogP contribution in [-0.2, 0) is 13.5 Å². The van der Waals surface area contributed by atoms with Crippen molar-refractivity contribution in [2.45, 2.75) is 6.42 Å². The lowest BCUT2D eigenvalue weighted by molar-refractivity contribution is -0.384. The fourth-order valence-corrected chi connectivity index (χ4v) is 2.90. The largest absolute Gasteiger partial charge is 0.350 e. The number of nitro benzene ring substituents is 1. The molecule has 0 unspecified atom stereocenters. The van der Waals surface area contributed by atoms with Gasteiger partial charge in [-0.15, -0.1) is 0 Å². The third-order valence-corrected chi connectivity index (χ3v) is 4.30. The van der Waals surface area contributed by atoms with Crippen molar-refractivity contribution < 1.29 is 10.1 Å². The lowest BCUT2D eigenvalue weighted by Gasteiger charge is -2.04. The Hall–Kier alpha value is -2.77. The minimum absolute atomic E-state index is 0.0818. The van der Waals surface area contributed by atoms with Gasteiger partial charge in [0, 0.05) is 41.8 Å². The molecule has 122 valence electrons. The van der Waals surface area contributed by atoms with Gasteiger partial charge in [0.15, 0.2) is 0 Å². The van der Waals surface area contributed by atoms with E-state index in [-0.39, 0.29) is 10.7 Å². The lowest BCUT2D eigenvalue weighted by atomic mass is 10.0. The molecule has 0 bridgehead atoms. The number of thiocarbonyl (C=S) groups is 1. The minimum atomic E-state index is -0.406. The number of aryl methyl sites for hydroxylation is 1. The third kappa shape index (κ3) is 2.99. The Morgan fingerprint density at radius 3 is 2.62 bits per heavy atom. The van der Waals surface area contributed by atoms with Crippen LogP contribution in [0.15, 0.2) is 48.7 Å². The Morgan fingerprint density at radius 2 is 2.00 bits per heavy atom. The van der Waals surface area contributed by atoms with Gasteiger partial charge in [0.05, 0.1) is 4.92 Å². The predicted molar refractivity (Wildman–Crippen MR) is 95.4 cm³/mol. The second kappa shape index (κ2) is 6.38. The van der Waals surface area contributed by atoms with E-state index in [0.29, 0.717) is 6.42 Å². The van der Waals surface area contributed by atoms with Crippen LogP contribution < -0.4 is 5.48 Å². The molecule has 1 heterocycles. The van der Waals surface area contributed by atoms with Crippen LogP contribution in [0.4, 0.5) is 5.69 Å². The molecule has 0 spiro atoms. The summed E-state index contributed by atoms with van der Waals surface area (Å²) < 4.78 is 2.02. The molecule has 3 aromatic rings. The summed E-state index contributed by atoms with van der Waals surface area (Å²) in [5, 5.41) is 20.8. The average molecular weight is 341 g/mol. The monoisotopic (exact) mass is 341 g/mol. The zero-order valence-corrected chi connectivity index (χ0v) is 13.7. The molecule has 0 saturated heterocycles. The van der Waals surface area contributed by atoms with Gasteiger partial charge in [0.2, 0.25) is 0 Å². The number of fused-ring (bicyclic) bond motifs is 1. The molecule has 2 aromatic carbocycles. The van der Waals surface area contributed by atoms with Gasteiger partial charge in [-0.3, -0.25) is 20.8 Å². The Morgan fingerprint density at radius 1 is 1.29 bits per heavy atom. The van der Waals surface area contributed by atoms with Crippen LogP contribution in [0.1, 0.15) is 16.7 Å². The molecule has 2 N–H and O–H groups in total. The maximum absolute atomic E-state index is 10.7. The van der Waals surface area contributed by atoms with Crippen LogP contribution in [0.2, 0.25) is 0 Å². The molecule has 0 saturated carbocycles. The van der Waals surface area contributed by atoms with Crippen LogP contribution >= 0.6 is 12.2 Å². The molecule has 0 atom stereocenters. The van der Waals surface area contributed by atoms with E-state index in [1.54, 1.807) is 12.1 Å². The number of hydrogen-bond donors (Lipinski definition) is 2. The van der Waals surface area contributed by atoms with Crippen molar-refractivity contribution in [2.24, 2.45) is 7.05 Å². The summed E-state index contributed by atoms with van der Waals surface area (Å²) >= 11 is 5.07. The lowest BCUT2D eigenvalue weighted by Crippen LogP contribution is -2.17. The van der Waals surface area contributed by atoms with E-state index in [1.807, 2.05) is 41.5 Å². The van der Waals surface area contributed by atoms with Crippen molar-refractivity contribution in [2.75, 3.05) is 0 Å². The molecule has 0 amide bonds. The summed E-state index contributed by atoms with van der Waals surface area (Å²) in [5.41, 5.74) is 5.94. The van der Waals surface area contributed by atoms with Crippen molar-refractivity contribution in [3.8, 4) is 0 Å². The standard InChI is InChI=1S/C17H15N3O3S/c1-19-10-13(8-11-2-5-14(6-3-11)20(22)23)15-9-12(17(24)18-21)4-7-16(15)19/h2-7,9-10,21H,8H2,1H3,(H,18,24). The first kappa shape index (κ1) is 16.1. The van der Waals surface area contributed by atoms with Gasteiger partial charge >= 0.3 is 0 Å². The highest BCUT2D eigenvalue weighted by atomic mass is 32.1. The van der Waals surface area contributed by atoms with Gasteiger partial charge in [-0.25, -0.2) is 0 Å². The first-order chi connectivity index (χ1) is 11.5. The van der Waals surface area contributed by atoms with Crippen molar-refractivity contribution in [1.82, 2.24) is 10.0 Å². The molecule has 0 aliphatic rings. The number of hydroxylamine groups is 1. The molecular weight excluding hydrogens is 326 g/mol. The summed E-state index contributed by atoms with van der Waals surface area (Å²) in [6, 6.07) is 12.3. The maximum Gasteiger partial charge on any atom is 0.269 e. The summed E-state index contributed by atoms with van der Waals surface area (Å²) in [6.45, 7) is 0. The number of rotatable bonds is 4. The van der Waals surface area contributed by atoms with Crippen LogP contribution in [0.3, 0.4) is 0 Å². The van der Waals surface area contributed by atoms with Gasteiger partial charge in [-0.05, 0) is 35.7 Å². The van der Waals surface area contributed by atoms with E-state index in [0.717, 1.165) is 27.6 Å². The highest BCUT2D eigenvalue weighted by Crippen LogP contribution is 2.25. The van der Waals surface area contributed by atoms with E-state index >= 15 is 0 Å². The second-order valence-corrected chi connectivity index (χ2v) is 5.95. The van der Waals surface area contributed by atoms with Gasteiger partial charge in [-0.1, -0.05) is 24.4 Å². The van der Waals surface area contributed by atoms with Crippen molar-refractivity contribution in [3.05, 3.63) is 75.5 Å². The Labute approximate surface area is 143 Å². The zero-order valence-electron chi connectivity index (χ0n) is 12.9. The average Bonchev–Trinajstić information content (AvgIpc) is 2.90. The summed E-state index contributed by atoms with van der Waals surface area (Å²) in [4.78, 5) is 10.6. The molecule has 0 fully saturated rings. The molecule has 6 nitrogen and oxygen atoms in total. The fourth-order valence-electron chi connectivity index (χ4n) is 2.78. The van der Waals surface area contributed by atoms with Gasteiger partial charge in [0.1, 0.15) is 4.99 Å². The number of nitro groups is 1. The van der Waals surface area contributed by atoms with E-state index in [1.165, 1.54) is 12.1 Å². The topological polar surface area (TPSA) is 80.3 Å². The predicted octanol–water partition coefficient (Wildman–Crippen LogP) is 3.33. The zero-order chi connectivity index (χ0) is 17.3. The minimum Gasteiger partial charge on any atom is -0.350 e. The maximum atomic E-state index is 10.7. The van der Waals surface area contributed by atoms with Crippen LogP contribution in [-0.4, -0.2) is 19.7 Å². The number of non-ortho nitro benzene ring substituents is 1. The van der Waals surface area contributed by atoms with E-state index in [4.69, 9.17) is 17.4 Å². The van der Waals surface area contributed by atoms with E-state index in [2.05, 4.69) is 0 Å². The Bertz CT molecular complexity index is 932. The quantitative estimate of drug-likeness (QED) is 0.432. The summed E-state index contributed by atoms with van der Waals surface area (Å²) in [7, 11) is 1.96. The number of benzene rings is 2. The second-order valence-electron chi connectivity index (χ2n) is 5.54. The van der Waals surface area contributed by atoms with Crippen molar-refractivity contribution >= 4 is 33.8 Å². The van der Waals surface area contributed by atoms with Gasteiger partial charge in [-0.2, -0.15) is 0 Å². The molecular formula is C17H15N3O3S. The van der Waals surface area contributed by atoms with Gasteiger partial charge < -0.3 is 4.57 Å². The highest BCUT2D eigenvalue weighted by Gasteiger charge is 2.11. The molecule has 3 rings (SSSR count). The summed E-state index contributed by atoms with van der Waals surface area (Å²) in [5.74, 6) is 0. The highest BCUT2D eigenvalue weighted by molar-refractivity contribution is 7.80. The van der Waals surface area contributed by atoms with Crippen LogP contribution in [0.5, 0.6) is 0 Å². The van der Waals surface area contributed by atoms with Crippen LogP contribution in [0.25, 0.3) is 10.9 Å². The SMILES string of the molecule is Cn1cc(Cc2ccc([N+](=O)[O-])cc2)c2cc(C(=S)NO)ccc21. The molecule has 0 radical (unpaired) electrons. The first-order valence-electron chi connectivity index (χ1n) is 7.25. The molecule has 7 heteroatoms. The molecule has 0 aliphatic heterocycles. The normalized spacial score (nSPS) is 10.8.